The van der Waals surface area contributed by atoms with Crippen LogP contribution in [0.1, 0.15) is 16.7 Å². The van der Waals surface area contributed by atoms with Gasteiger partial charge in [-0.2, -0.15) is 11.8 Å². The minimum Gasteiger partial charge on any atom is -0.380 e. The van der Waals surface area contributed by atoms with Crippen molar-refractivity contribution in [1.82, 2.24) is 0 Å². The van der Waals surface area contributed by atoms with Crippen molar-refractivity contribution in [1.29, 1.82) is 0 Å². The third-order valence-electron chi connectivity index (χ3n) is 4.00. The van der Waals surface area contributed by atoms with E-state index in [1.807, 2.05) is 84.9 Å². The van der Waals surface area contributed by atoms with Crippen molar-refractivity contribution in [3.63, 3.8) is 0 Å². The molecule has 3 aromatic carbocycles. The van der Waals surface area contributed by atoms with E-state index in [9.17, 15) is 5.11 Å². The Morgan fingerprint density at radius 2 is 1.25 bits per heavy atom. The van der Waals surface area contributed by atoms with Gasteiger partial charge in [-0.25, -0.2) is 0 Å². The zero-order valence-electron chi connectivity index (χ0n) is 13.2. The SMILES string of the molecule is OC(CSCc1ccc(Cl)cc1)(c1ccccc1)c1ccccc1. The molecule has 1 N–H and O–H groups in total. The summed E-state index contributed by atoms with van der Waals surface area (Å²) in [6, 6.07) is 27.6. The summed E-state index contributed by atoms with van der Waals surface area (Å²) < 4.78 is 0. The van der Waals surface area contributed by atoms with Gasteiger partial charge < -0.3 is 5.11 Å². The van der Waals surface area contributed by atoms with Gasteiger partial charge in [0.25, 0.3) is 0 Å². The average molecular weight is 355 g/mol. The zero-order valence-corrected chi connectivity index (χ0v) is 14.8. The van der Waals surface area contributed by atoms with Crippen LogP contribution in [0.4, 0.5) is 0 Å². The molecule has 0 fully saturated rings. The molecule has 122 valence electrons. The number of benzene rings is 3. The topological polar surface area (TPSA) is 20.2 Å². The van der Waals surface area contributed by atoms with Crippen LogP contribution in [-0.4, -0.2) is 10.9 Å². The van der Waals surface area contributed by atoms with E-state index in [2.05, 4.69) is 0 Å². The van der Waals surface area contributed by atoms with Crippen LogP contribution in [0.25, 0.3) is 0 Å². The van der Waals surface area contributed by atoms with Gasteiger partial charge >= 0.3 is 0 Å². The first-order valence-electron chi connectivity index (χ1n) is 7.84. The van der Waals surface area contributed by atoms with Crippen molar-refractivity contribution in [3.05, 3.63) is 107 Å². The monoisotopic (exact) mass is 354 g/mol. The lowest BCUT2D eigenvalue weighted by Gasteiger charge is -2.29. The highest BCUT2D eigenvalue weighted by atomic mass is 35.5. The number of thioether (sulfide) groups is 1. The number of rotatable bonds is 6. The summed E-state index contributed by atoms with van der Waals surface area (Å²) in [5.41, 5.74) is 2.03. The van der Waals surface area contributed by atoms with Gasteiger partial charge in [-0.3, -0.25) is 0 Å². The van der Waals surface area contributed by atoms with Crippen molar-refractivity contribution in [3.8, 4) is 0 Å². The minimum atomic E-state index is -1.00. The van der Waals surface area contributed by atoms with Gasteiger partial charge in [0.05, 0.1) is 0 Å². The fourth-order valence-electron chi connectivity index (χ4n) is 2.66. The maximum absolute atomic E-state index is 11.4. The van der Waals surface area contributed by atoms with Gasteiger partial charge in [0.2, 0.25) is 0 Å². The molecule has 0 aliphatic carbocycles. The summed E-state index contributed by atoms with van der Waals surface area (Å²) in [5, 5.41) is 12.2. The molecule has 0 aliphatic rings. The Hall–Kier alpha value is -1.74. The summed E-state index contributed by atoms with van der Waals surface area (Å²) in [6.45, 7) is 0. The first-order chi connectivity index (χ1) is 11.7. The highest BCUT2D eigenvalue weighted by molar-refractivity contribution is 7.98. The molecule has 24 heavy (non-hydrogen) atoms. The molecule has 0 heterocycles. The van der Waals surface area contributed by atoms with E-state index in [1.165, 1.54) is 5.56 Å². The third kappa shape index (κ3) is 4.02. The molecule has 0 radical (unpaired) electrons. The van der Waals surface area contributed by atoms with Crippen molar-refractivity contribution < 1.29 is 5.11 Å². The standard InChI is InChI=1S/C21H19ClOS/c22-20-13-11-17(12-14-20)15-24-16-21(23,18-7-3-1-4-8-18)19-9-5-2-6-10-19/h1-14,23H,15-16H2. The van der Waals surface area contributed by atoms with E-state index in [0.717, 1.165) is 21.9 Å². The smallest absolute Gasteiger partial charge is 0.124 e. The van der Waals surface area contributed by atoms with Crippen LogP contribution in [0.3, 0.4) is 0 Å². The van der Waals surface area contributed by atoms with E-state index < -0.39 is 5.60 Å². The Bertz CT molecular complexity index is 717. The van der Waals surface area contributed by atoms with E-state index in [0.29, 0.717) is 5.75 Å². The summed E-state index contributed by atoms with van der Waals surface area (Å²) in [7, 11) is 0. The quantitative estimate of drug-likeness (QED) is 0.629. The molecule has 3 heteroatoms. The van der Waals surface area contributed by atoms with Crippen LogP contribution in [-0.2, 0) is 11.4 Å². The molecule has 0 saturated carbocycles. The molecule has 0 aromatic heterocycles. The van der Waals surface area contributed by atoms with E-state index in [1.54, 1.807) is 11.8 Å². The Kier molecular flexibility index (Phi) is 5.62. The average Bonchev–Trinajstić information content (AvgIpc) is 2.65. The summed E-state index contributed by atoms with van der Waals surface area (Å²) >= 11 is 7.65. The van der Waals surface area contributed by atoms with Crippen LogP contribution in [0.15, 0.2) is 84.9 Å². The highest BCUT2D eigenvalue weighted by Crippen LogP contribution is 2.34. The second kappa shape index (κ2) is 7.89. The van der Waals surface area contributed by atoms with Crippen molar-refractivity contribution in [2.75, 3.05) is 5.75 Å². The van der Waals surface area contributed by atoms with E-state index in [-0.39, 0.29) is 0 Å². The molecule has 1 nitrogen and oxygen atoms in total. The molecule has 3 rings (SSSR count). The maximum Gasteiger partial charge on any atom is 0.124 e. The highest BCUT2D eigenvalue weighted by Gasteiger charge is 2.31. The molecular weight excluding hydrogens is 336 g/mol. The van der Waals surface area contributed by atoms with Gasteiger partial charge in [-0.15, -0.1) is 0 Å². The molecule has 0 aliphatic heterocycles. The van der Waals surface area contributed by atoms with Crippen LogP contribution in [0, 0.1) is 0 Å². The number of halogens is 1. The normalized spacial score (nSPS) is 11.4. The summed E-state index contributed by atoms with van der Waals surface area (Å²) in [5.74, 6) is 1.42. The molecule has 3 aromatic rings. The second-order valence-electron chi connectivity index (χ2n) is 5.71. The predicted octanol–water partition coefficient (Wildman–Crippen LogP) is 5.51. The van der Waals surface area contributed by atoms with E-state index in [4.69, 9.17) is 11.6 Å². The van der Waals surface area contributed by atoms with Gasteiger partial charge in [-0.1, -0.05) is 84.4 Å². The van der Waals surface area contributed by atoms with Gasteiger partial charge in [-0.05, 0) is 28.8 Å². The summed E-state index contributed by atoms with van der Waals surface area (Å²) in [6.07, 6.45) is 0. The lowest BCUT2D eigenvalue weighted by atomic mass is 9.88. The Morgan fingerprint density at radius 1 is 0.750 bits per heavy atom. The summed E-state index contributed by atoms with van der Waals surface area (Å²) in [4.78, 5) is 0. The number of hydrogen-bond donors (Lipinski definition) is 1. The zero-order chi connectivity index (χ0) is 16.8. The van der Waals surface area contributed by atoms with Gasteiger partial charge in [0.15, 0.2) is 0 Å². The first-order valence-corrected chi connectivity index (χ1v) is 9.37. The Labute approximate surface area is 152 Å². The van der Waals surface area contributed by atoms with Crippen molar-refractivity contribution in [2.45, 2.75) is 11.4 Å². The lowest BCUT2D eigenvalue weighted by Crippen LogP contribution is -2.30. The van der Waals surface area contributed by atoms with Crippen LogP contribution < -0.4 is 0 Å². The first kappa shape index (κ1) is 17.1. The Morgan fingerprint density at radius 3 is 1.75 bits per heavy atom. The van der Waals surface area contributed by atoms with Crippen LogP contribution >= 0.6 is 23.4 Å². The fraction of sp³-hybridized carbons (Fsp3) is 0.143. The number of aliphatic hydroxyl groups is 1. The molecule has 0 saturated heterocycles. The molecule has 0 unspecified atom stereocenters. The lowest BCUT2D eigenvalue weighted by molar-refractivity contribution is 0.107. The molecule has 0 spiro atoms. The predicted molar refractivity (Wildman–Crippen MR) is 103 cm³/mol. The minimum absolute atomic E-state index is 0.587. The number of hydrogen-bond acceptors (Lipinski definition) is 2. The van der Waals surface area contributed by atoms with Gasteiger partial charge in [0, 0.05) is 16.5 Å². The van der Waals surface area contributed by atoms with Crippen LogP contribution in [0.5, 0.6) is 0 Å². The fourth-order valence-corrected chi connectivity index (χ4v) is 3.94. The third-order valence-corrected chi connectivity index (χ3v) is 5.41. The van der Waals surface area contributed by atoms with Crippen molar-refractivity contribution in [2.24, 2.45) is 0 Å². The van der Waals surface area contributed by atoms with Crippen LogP contribution in [0.2, 0.25) is 5.02 Å². The molecular formula is C21H19ClOS. The largest absolute Gasteiger partial charge is 0.380 e. The Balaban J connectivity index is 1.79. The van der Waals surface area contributed by atoms with E-state index >= 15 is 0 Å². The molecule has 0 atom stereocenters. The van der Waals surface area contributed by atoms with Crippen molar-refractivity contribution >= 4 is 23.4 Å². The van der Waals surface area contributed by atoms with Gasteiger partial charge in [0.1, 0.15) is 5.60 Å². The second-order valence-corrected chi connectivity index (χ2v) is 7.13. The molecule has 0 bridgehead atoms. The maximum atomic E-state index is 11.4. The molecule has 0 amide bonds.